The molecule has 0 aliphatic carbocycles. The van der Waals surface area contributed by atoms with Crippen molar-refractivity contribution in [3.05, 3.63) is 0 Å². The van der Waals surface area contributed by atoms with Crippen LogP contribution >= 0.6 is 0 Å². The number of likely N-dealkylation sites (tertiary alicyclic amines) is 1. The van der Waals surface area contributed by atoms with Crippen LogP contribution < -0.4 is 0 Å². The quantitative estimate of drug-likeness (QED) is 0.708. The van der Waals surface area contributed by atoms with E-state index >= 15 is 0 Å². The molecule has 0 unspecified atom stereocenters. The van der Waals surface area contributed by atoms with Crippen LogP contribution in [0.2, 0.25) is 0 Å². The van der Waals surface area contributed by atoms with E-state index in [2.05, 4.69) is 30.7 Å². The van der Waals surface area contributed by atoms with Gasteiger partial charge in [-0.05, 0) is 52.7 Å². The summed E-state index contributed by atoms with van der Waals surface area (Å²) >= 11 is 0. The molecule has 94 valence electrons. The van der Waals surface area contributed by atoms with E-state index in [-0.39, 0.29) is 0 Å². The van der Waals surface area contributed by atoms with Crippen LogP contribution in [0.5, 0.6) is 0 Å². The fourth-order valence-electron chi connectivity index (χ4n) is 3.11. The molecule has 0 saturated carbocycles. The molecule has 0 radical (unpaired) electrons. The van der Waals surface area contributed by atoms with E-state index in [1.165, 1.54) is 25.9 Å². The number of hydrogen-bond donors (Lipinski definition) is 0. The van der Waals surface area contributed by atoms with Gasteiger partial charge in [0, 0.05) is 18.6 Å². The van der Waals surface area contributed by atoms with Crippen molar-refractivity contribution >= 4 is 0 Å². The summed E-state index contributed by atoms with van der Waals surface area (Å²) in [6.07, 6.45) is 2.70. The SMILES string of the molecule is CN1CCC(C(C)(C)N2CCOCC2)CC1. The normalized spacial score (nSPS) is 27.2. The predicted octanol–water partition coefficient (Wildman–Crippen LogP) is 1.44. The molecule has 0 spiro atoms. The number of nitrogens with zero attached hydrogens (tertiary/aromatic N) is 2. The van der Waals surface area contributed by atoms with Crippen molar-refractivity contribution in [2.75, 3.05) is 46.4 Å². The maximum atomic E-state index is 5.45. The van der Waals surface area contributed by atoms with Gasteiger partial charge in [0.05, 0.1) is 13.2 Å². The molecule has 3 nitrogen and oxygen atoms in total. The van der Waals surface area contributed by atoms with Crippen LogP contribution in [0.4, 0.5) is 0 Å². The molecule has 2 heterocycles. The lowest BCUT2D eigenvalue weighted by Crippen LogP contribution is -2.55. The maximum absolute atomic E-state index is 5.45. The highest BCUT2D eigenvalue weighted by Gasteiger charge is 2.37. The van der Waals surface area contributed by atoms with Crippen molar-refractivity contribution in [2.24, 2.45) is 5.92 Å². The van der Waals surface area contributed by atoms with Crippen LogP contribution in [-0.4, -0.2) is 61.8 Å². The third kappa shape index (κ3) is 2.58. The summed E-state index contributed by atoms with van der Waals surface area (Å²) in [5.41, 5.74) is 0.352. The standard InChI is InChI=1S/C13H26N2O/c1-13(2,15-8-10-16-11-9-15)12-4-6-14(3)7-5-12/h12H,4-11H2,1-3H3. The van der Waals surface area contributed by atoms with Gasteiger partial charge in [-0.1, -0.05) is 0 Å². The third-order valence-electron chi connectivity index (χ3n) is 4.54. The molecule has 3 heteroatoms. The molecule has 2 rings (SSSR count). The first-order valence-electron chi connectivity index (χ1n) is 6.62. The average Bonchev–Trinajstić information content (AvgIpc) is 2.31. The number of ether oxygens (including phenoxy) is 1. The summed E-state index contributed by atoms with van der Waals surface area (Å²) in [5.74, 6) is 0.849. The largest absolute Gasteiger partial charge is 0.379 e. The zero-order valence-electron chi connectivity index (χ0n) is 11.0. The molecule has 0 aromatic heterocycles. The Morgan fingerprint density at radius 1 is 1.00 bits per heavy atom. The molecular formula is C13H26N2O. The summed E-state index contributed by atoms with van der Waals surface area (Å²) in [7, 11) is 2.23. The Hall–Kier alpha value is -0.120. The van der Waals surface area contributed by atoms with Gasteiger partial charge in [-0.25, -0.2) is 0 Å². The van der Waals surface area contributed by atoms with Crippen molar-refractivity contribution in [1.29, 1.82) is 0 Å². The van der Waals surface area contributed by atoms with Gasteiger partial charge >= 0.3 is 0 Å². The molecule has 2 saturated heterocycles. The Kier molecular flexibility index (Phi) is 3.88. The Bertz CT molecular complexity index is 216. The van der Waals surface area contributed by atoms with Gasteiger partial charge in [0.15, 0.2) is 0 Å². The van der Waals surface area contributed by atoms with Crippen LogP contribution in [0.1, 0.15) is 26.7 Å². The highest BCUT2D eigenvalue weighted by molar-refractivity contribution is 4.92. The predicted molar refractivity (Wildman–Crippen MR) is 66.7 cm³/mol. The molecular weight excluding hydrogens is 200 g/mol. The summed E-state index contributed by atoms with van der Waals surface area (Å²) in [6.45, 7) is 11.4. The summed E-state index contributed by atoms with van der Waals surface area (Å²) in [4.78, 5) is 5.08. The van der Waals surface area contributed by atoms with E-state index in [9.17, 15) is 0 Å². The van der Waals surface area contributed by atoms with Gasteiger partial charge in [-0.2, -0.15) is 0 Å². The number of piperidine rings is 1. The van der Waals surface area contributed by atoms with Gasteiger partial charge < -0.3 is 9.64 Å². The summed E-state index contributed by atoms with van der Waals surface area (Å²) < 4.78 is 5.45. The third-order valence-corrected chi connectivity index (χ3v) is 4.54. The topological polar surface area (TPSA) is 15.7 Å². The van der Waals surface area contributed by atoms with Gasteiger partial charge in [0.25, 0.3) is 0 Å². The van der Waals surface area contributed by atoms with Crippen LogP contribution in [-0.2, 0) is 4.74 Å². The number of hydrogen-bond acceptors (Lipinski definition) is 3. The van der Waals surface area contributed by atoms with E-state index in [1.54, 1.807) is 0 Å². The minimum Gasteiger partial charge on any atom is -0.379 e. The first-order chi connectivity index (χ1) is 7.60. The lowest BCUT2D eigenvalue weighted by Gasteiger charge is -2.48. The maximum Gasteiger partial charge on any atom is 0.0594 e. The number of rotatable bonds is 2. The molecule has 0 bridgehead atoms. The Morgan fingerprint density at radius 2 is 1.56 bits per heavy atom. The van der Waals surface area contributed by atoms with Crippen LogP contribution in [0.3, 0.4) is 0 Å². The van der Waals surface area contributed by atoms with E-state index in [0.717, 1.165) is 32.2 Å². The van der Waals surface area contributed by atoms with Gasteiger partial charge in [0.2, 0.25) is 0 Å². The van der Waals surface area contributed by atoms with Gasteiger partial charge in [-0.3, -0.25) is 4.90 Å². The van der Waals surface area contributed by atoms with Gasteiger partial charge in [0.1, 0.15) is 0 Å². The lowest BCUT2D eigenvalue weighted by molar-refractivity contribution is -0.0419. The smallest absolute Gasteiger partial charge is 0.0594 e. The molecule has 0 atom stereocenters. The zero-order chi connectivity index (χ0) is 11.6. The van der Waals surface area contributed by atoms with Crippen molar-refractivity contribution in [3.63, 3.8) is 0 Å². The zero-order valence-corrected chi connectivity index (χ0v) is 11.0. The molecule has 2 aliphatic rings. The van der Waals surface area contributed by atoms with Crippen molar-refractivity contribution < 1.29 is 4.74 Å². The Labute approximate surface area is 99.7 Å². The van der Waals surface area contributed by atoms with E-state index in [0.29, 0.717) is 5.54 Å². The summed E-state index contributed by atoms with van der Waals surface area (Å²) in [6, 6.07) is 0. The van der Waals surface area contributed by atoms with Gasteiger partial charge in [-0.15, -0.1) is 0 Å². The molecule has 0 N–H and O–H groups in total. The fraction of sp³-hybridized carbons (Fsp3) is 1.00. The Balaban J connectivity index is 1.94. The molecule has 0 aromatic carbocycles. The fourth-order valence-corrected chi connectivity index (χ4v) is 3.11. The number of morpholine rings is 1. The van der Waals surface area contributed by atoms with Crippen molar-refractivity contribution in [3.8, 4) is 0 Å². The second-order valence-corrected chi connectivity index (χ2v) is 5.83. The van der Waals surface area contributed by atoms with Crippen molar-refractivity contribution in [1.82, 2.24) is 9.80 Å². The van der Waals surface area contributed by atoms with Crippen LogP contribution in [0.25, 0.3) is 0 Å². The van der Waals surface area contributed by atoms with E-state index < -0.39 is 0 Å². The average molecular weight is 226 g/mol. The van der Waals surface area contributed by atoms with Crippen molar-refractivity contribution in [2.45, 2.75) is 32.2 Å². The molecule has 0 aromatic rings. The molecule has 16 heavy (non-hydrogen) atoms. The minimum absolute atomic E-state index is 0.352. The first kappa shape index (κ1) is 12.3. The van der Waals surface area contributed by atoms with E-state index in [1.807, 2.05) is 0 Å². The first-order valence-corrected chi connectivity index (χ1v) is 6.62. The minimum atomic E-state index is 0.352. The molecule has 2 aliphatic heterocycles. The lowest BCUT2D eigenvalue weighted by atomic mass is 9.79. The highest BCUT2D eigenvalue weighted by Crippen LogP contribution is 2.32. The molecule has 2 fully saturated rings. The monoisotopic (exact) mass is 226 g/mol. The highest BCUT2D eigenvalue weighted by atomic mass is 16.5. The van der Waals surface area contributed by atoms with E-state index in [4.69, 9.17) is 4.74 Å². The Morgan fingerprint density at radius 3 is 2.12 bits per heavy atom. The molecule has 0 amide bonds. The summed E-state index contributed by atoms with van der Waals surface area (Å²) in [5, 5.41) is 0. The van der Waals surface area contributed by atoms with Crippen LogP contribution in [0.15, 0.2) is 0 Å². The second-order valence-electron chi connectivity index (χ2n) is 5.83. The van der Waals surface area contributed by atoms with Crippen LogP contribution in [0, 0.1) is 5.92 Å². The second kappa shape index (κ2) is 5.03.